The minimum atomic E-state index is -4.60. The number of nitrogens with one attached hydrogen (secondary N) is 1. The molecule has 0 heterocycles. The smallest absolute Gasteiger partial charge is 0.336 e. The molecular formula is C19H18F4N2O2. The summed E-state index contributed by atoms with van der Waals surface area (Å²) in [6.45, 7) is -0.381. The predicted molar refractivity (Wildman–Crippen MR) is 92.4 cm³/mol. The van der Waals surface area contributed by atoms with Gasteiger partial charge in [-0.15, -0.1) is 0 Å². The van der Waals surface area contributed by atoms with E-state index in [2.05, 4.69) is 5.32 Å². The van der Waals surface area contributed by atoms with Gasteiger partial charge in [-0.05, 0) is 36.2 Å². The monoisotopic (exact) mass is 382 g/mol. The third kappa shape index (κ3) is 6.09. The highest BCUT2D eigenvalue weighted by molar-refractivity contribution is 5.95. The topological polar surface area (TPSA) is 49.4 Å². The van der Waals surface area contributed by atoms with Gasteiger partial charge in [-0.25, -0.2) is 4.39 Å². The van der Waals surface area contributed by atoms with E-state index >= 15 is 0 Å². The Morgan fingerprint density at radius 1 is 1.04 bits per heavy atom. The molecule has 2 aromatic carbocycles. The summed E-state index contributed by atoms with van der Waals surface area (Å²) >= 11 is 0. The Morgan fingerprint density at radius 3 is 2.30 bits per heavy atom. The van der Waals surface area contributed by atoms with E-state index in [4.69, 9.17) is 0 Å². The maximum absolute atomic E-state index is 12.9. The summed E-state index contributed by atoms with van der Waals surface area (Å²) in [7, 11) is 1.39. The van der Waals surface area contributed by atoms with Gasteiger partial charge in [-0.1, -0.05) is 24.3 Å². The van der Waals surface area contributed by atoms with Crippen LogP contribution < -0.4 is 5.32 Å². The number of benzene rings is 2. The molecule has 0 spiro atoms. The van der Waals surface area contributed by atoms with Crippen molar-refractivity contribution >= 4 is 17.5 Å². The fourth-order valence-corrected chi connectivity index (χ4v) is 2.43. The number of halogens is 4. The van der Waals surface area contributed by atoms with Crippen molar-refractivity contribution in [3.8, 4) is 0 Å². The van der Waals surface area contributed by atoms with Gasteiger partial charge in [-0.3, -0.25) is 9.59 Å². The van der Waals surface area contributed by atoms with E-state index < -0.39 is 17.6 Å². The van der Waals surface area contributed by atoms with Crippen molar-refractivity contribution < 1.29 is 27.2 Å². The Bertz CT molecular complexity index is 804. The molecule has 0 saturated heterocycles. The molecule has 2 aromatic rings. The van der Waals surface area contributed by atoms with E-state index in [0.717, 1.165) is 22.6 Å². The van der Waals surface area contributed by atoms with Gasteiger partial charge in [0, 0.05) is 13.5 Å². The number of carbonyl (C=O) groups is 2. The van der Waals surface area contributed by atoms with E-state index in [9.17, 15) is 27.2 Å². The van der Waals surface area contributed by atoms with Crippen LogP contribution >= 0.6 is 0 Å². The van der Waals surface area contributed by atoms with Gasteiger partial charge >= 0.3 is 6.18 Å². The van der Waals surface area contributed by atoms with Gasteiger partial charge in [0.1, 0.15) is 5.82 Å². The van der Waals surface area contributed by atoms with Crippen molar-refractivity contribution in [2.45, 2.75) is 19.0 Å². The number of hydrogen-bond acceptors (Lipinski definition) is 2. The number of aryl methyl sites for hydroxylation is 1. The highest BCUT2D eigenvalue weighted by atomic mass is 19.4. The molecule has 0 fully saturated rings. The number of rotatable bonds is 6. The predicted octanol–water partition coefficient (Wildman–Crippen LogP) is 3.87. The van der Waals surface area contributed by atoms with Crippen molar-refractivity contribution in [3.63, 3.8) is 0 Å². The van der Waals surface area contributed by atoms with Gasteiger partial charge < -0.3 is 10.2 Å². The summed E-state index contributed by atoms with van der Waals surface area (Å²) in [5.74, 6) is -1.46. The highest BCUT2D eigenvalue weighted by Crippen LogP contribution is 2.34. The molecule has 0 saturated carbocycles. The third-order valence-corrected chi connectivity index (χ3v) is 3.85. The van der Waals surface area contributed by atoms with Crippen LogP contribution in [0.4, 0.5) is 23.2 Å². The molecule has 2 rings (SSSR count). The number of nitrogens with zero attached hydrogens (tertiary/aromatic N) is 1. The number of likely N-dealkylation sites (N-methyl/N-ethyl adjacent to an activating group) is 1. The number of carbonyl (C=O) groups excluding carboxylic acids is 2. The maximum atomic E-state index is 12.9. The van der Waals surface area contributed by atoms with Crippen molar-refractivity contribution in [2.24, 2.45) is 0 Å². The lowest BCUT2D eigenvalue weighted by molar-refractivity contribution is -0.137. The quantitative estimate of drug-likeness (QED) is 0.771. The normalized spacial score (nSPS) is 11.1. The summed E-state index contributed by atoms with van der Waals surface area (Å²) in [4.78, 5) is 25.2. The molecule has 27 heavy (non-hydrogen) atoms. The molecule has 0 aliphatic carbocycles. The number of alkyl halides is 3. The molecule has 0 unspecified atom stereocenters. The van der Waals surface area contributed by atoms with E-state index in [-0.39, 0.29) is 30.4 Å². The summed E-state index contributed by atoms with van der Waals surface area (Å²) in [5.41, 5.74) is -0.549. The molecule has 0 aliphatic rings. The number of anilines is 1. The molecule has 0 bridgehead atoms. The first-order valence-electron chi connectivity index (χ1n) is 8.11. The lowest BCUT2D eigenvalue weighted by atomic mass is 10.1. The van der Waals surface area contributed by atoms with Crippen LogP contribution in [-0.4, -0.2) is 30.3 Å². The zero-order chi connectivity index (χ0) is 20.0. The first kappa shape index (κ1) is 20.4. The van der Waals surface area contributed by atoms with Gasteiger partial charge in [-0.2, -0.15) is 13.2 Å². The molecule has 4 nitrogen and oxygen atoms in total. The molecule has 1 N–H and O–H groups in total. The molecule has 0 aliphatic heterocycles. The average molecular weight is 382 g/mol. The summed E-state index contributed by atoms with van der Waals surface area (Å²) < 4.78 is 51.7. The van der Waals surface area contributed by atoms with Crippen LogP contribution in [0.15, 0.2) is 48.5 Å². The van der Waals surface area contributed by atoms with E-state index in [1.54, 1.807) is 12.1 Å². The largest absolute Gasteiger partial charge is 0.418 e. The number of hydrogen-bond donors (Lipinski definition) is 1. The Hall–Kier alpha value is -2.90. The molecule has 0 aromatic heterocycles. The van der Waals surface area contributed by atoms with Crippen molar-refractivity contribution in [3.05, 3.63) is 65.5 Å². The van der Waals surface area contributed by atoms with Crippen molar-refractivity contribution in [1.29, 1.82) is 0 Å². The highest BCUT2D eigenvalue weighted by Gasteiger charge is 2.33. The van der Waals surface area contributed by atoms with Crippen molar-refractivity contribution in [2.75, 3.05) is 18.9 Å². The van der Waals surface area contributed by atoms with E-state index in [0.29, 0.717) is 6.42 Å². The van der Waals surface area contributed by atoms with Crippen LogP contribution in [-0.2, 0) is 22.2 Å². The Balaban J connectivity index is 1.90. The third-order valence-electron chi connectivity index (χ3n) is 3.85. The van der Waals surface area contributed by atoms with Gasteiger partial charge in [0.2, 0.25) is 11.8 Å². The zero-order valence-electron chi connectivity index (χ0n) is 14.5. The Labute approximate surface area is 153 Å². The van der Waals surface area contributed by atoms with Crippen LogP contribution in [0.3, 0.4) is 0 Å². The van der Waals surface area contributed by atoms with Crippen LogP contribution in [0, 0.1) is 5.82 Å². The van der Waals surface area contributed by atoms with Crippen LogP contribution in [0.5, 0.6) is 0 Å². The van der Waals surface area contributed by atoms with Crippen molar-refractivity contribution in [1.82, 2.24) is 4.90 Å². The molecule has 8 heteroatoms. The van der Waals surface area contributed by atoms with E-state index in [1.165, 1.54) is 31.3 Å². The van der Waals surface area contributed by atoms with Crippen LogP contribution in [0.2, 0.25) is 0 Å². The first-order valence-corrected chi connectivity index (χ1v) is 8.11. The standard InChI is InChI=1S/C19H18F4N2O2/c1-25(18(27)11-8-13-6-9-14(20)10-7-13)12-17(26)24-16-5-3-2-4-15(16)19(21,22)23/h2-7,9-10H,8,11-12H2,1H3,(H,24,26). The van der Waals surface area contributed by atoms with Gasteiger partial charge in [0.15, 0.2) is 0 Å². The zero-order valence-corrected chi connectivity index (χ0v) is 14.5. The fourth-order valence-electron chi connectivity index (χ4n) is 2.43. The second-order valence-corrected chi connectivity index (χ2v) is 5.97. The molecular weight excluding hydrogens is 364 g/mol. The summed E-state index contributed by atoms with van der Waals surface area (Å²) in [6.07, 6.45) is -4.14. The van der Waals surface area contributed by atoms with Gasteiger partial charge in [0.05, 0.1) is 17.8 Å². The number of para-hydroxylation sites is 1. The maximum Gasteiger partial charge on any atom is 0.418 e. The van der Waals surface area contributed by atoms with E-state index in [1.807, 2.05) is 0 Å². The van der Waals surface area contributed by atoms with Crippen LogP contribution in [0.25, 0.3) is 0 Å². The van der Waals surface area contributed by atoms with Gasteiger partial charge in [0.25, 0.3) is 0 Å². The minimum Gasteiger partial charge on any atom is -0.336 e. The molecule has 2 amide bonds. The Kier molecular flexibility index (Phi) is 6.55. The molecule has 144 valence electrons. The average Bonchev–Trinajstić information content (AvgIpc) is 2.60. The second kappa shape index (κ2) is 8.66. The summed E-state index contributed by atoms with van der Waals surface area (Å²) in [6, 6.07) is 10.3. The minimum absolute atomic E-state index is 0.0918. The van der Waals surface area contributed by atoms with Crippen LogP contribution in [0.1, 0.15) is 17.5 Å². The SMILES string of the molecule is CN(CC(=O)Nc1ccccc1C(F)(F)F)C(=O)CCc1ccc(F)cc1. The summed E-state index contributed by atoms with van der Waals surface area (Å²) in [5, 5.41) is 2.19. The fraction of sp³-hybridized carbons (Fsp3) is 0.263. The molecule has 0 atom stereocenters. The lowest BCUT2D eigenvalue weighted by Gasteiger charge is -2.18. The Morgan fingerprint density at radius 2 is 1.67 bits per heavy atom. The second-order valence-electron chi connectivity index (χ2n) is 5.97. The molecule has 0 radical (unpaired) electrons. The number of amides is 2. The first-order chi connectivity index (χ1) is 12.7. The lowest BCUT2D eigenvalue weighted by Crippen LogP contribution is -2.35.